The molecule has 1 aromatic heterocycles. The molecule has 2 atom stereocenters. The van der Waals surface area contributed by atoms with Crippen LogP contribution in [0.25, 0.3) is 11.3 Å². The molecule has 11 nitrogen and oxygen atoms in total. The van der Waals surface area contributed by atoms with Crippen LogP contribution in [0.15, 0.2) is 42.5 Å². The lowest BCUT2D eigenvalue weighted by molar-refractivity contribution is -0.138. The minimum Gasteiger partial charge on any atom is -0.390 e. The summed E-state index contributed by atoms with van der Waals surface area (Å²) >= 11 is 0. The summed E-state index contributed by atoms with van der Waals surface area (Å²) in [5, 5.41) is 21.0. The number of sulfonamides is 1. The maximum absolute atomic E-state index is 14.0. The van der Waals surface area contributed by atoms with E-state index in [-0.39, 0.29) is 60.4 Å². The lowest BCUT2D eigenvalue weighted by Crippen LogP contribution is -2.39. The monoisotopic (exact) mass is 680 g/mol. The quantitative estimate of drug-likeness (QED) is 0.280. The van der Waals surface area contributed by atoms with E-state index >= 15 is 0 Å². The highest BCUT2D eigenvalue weighted by Gasteiger charge is 2.35. The largest absolute Gasteiger partial charge is 0.416 e. The summed E-state index contributed by atoms with van der Waals surface area (Å²) in [7, 11) is -3.60. The second kappa shape index (κ2) is 13.7. The van der Waals surface area contributed by atoms with Crippen molar-refractivity contribution < 1.29 is 40.7 Å². The first-order valence-corrected chi connectivity index (χ1v) is 16.9. The maximum atomic E-state index is 14.0. The molecule has 5 rings (SSSR count). The number of aliphatic hydroxyl groups is 1. The van der Waals surface area contributed by atoms with Gasteiger partial charge >= 0.3 is 6.18 Å². The zero-order chi connectivity index (χ0) is 34.1. The van der Waals surface area contributed by atoms with E-state index < -0.39 is 46.1 Å². The molecule has 16 heteroatoms. The lowest BCUT2D eigenvalue weighted by atomic mass is 9.97. The predicted octanol–water partition coefficient (Wildman–Crippen LogP) is 2.53. The molecule has 1 unspecified atom stereocenters. The highest BCUT2D eigenvalue weighted by molar-refractivity contribution is 7.88. The van der Waals surface area contributed by atoms with Crippen molar-refractivity contribution in [2.45, 2.75) is 57.7 Å². The van der Waals surface area contributed by atoms with E-state index in [0.29, 0.717) is 30.9 Å². The number of hydrogen-bond donors (Lipinski definition) is 3. The minimum absolute atomic E-state index is 0.0138. The summed E-state index contributed by atoms with van der Waals surface area (Å²) in [5.41, 5.74) is 0.596. The molecule has 2 aromatic carbocycles. The minimum atomic E-state index is -4.74. The third-order valence-corrected chi connectivity index (χ3v) is 9.58. The fourth-order valence-electron chi connectivity index (χ4n) is 6.13. The molecule has 3 heterocycles. The molecular formula is C31H36F4N6O5S. The summed E-state index contributed by atoms with van der Waals surface area (Å²) < 4.78 is 83.1. The number of amides is 2. The van der Waals surface area contributed by atoms with Gasteiger partial charge in [-0.2, -0.15) is 22.6 Å². The average molecular weight is 681 g/mol. The number of fused-ring (bicyclic) bond motifs is 1. The zero-order valence-corrected chi connectivity index (χ0v) is 26.7. The highest BCUT2D eigenvalue weighted by Crippen LogP contribution is 2.37. The number of likely N-dealkylation sites (tertiary alicyclic amines) is 1. The van der Waals surface area contributed by atoms with Crippen molar-refractivity contribution in [1.29, 1.82) is 0 Å². The summed E-state index contributed by atoms with van der Waals surface area (Å²) in [6, 6.07) is 7.98. The van der Waals surface area contributed by atoms with E-state index in [2.05, 4.69) is 15.7 Å². The Morgan fingerprint density at radius 2 is 1.83 bits per heavy atom. The number of nitrogens with zero attached hydrogens (tertiary/aromatic N) is 4. The van der Waals surface area contributed by atoms with Gasteiger partial charge in [-0.25, -0.2) is 12.8 Å². The molecule has 2 amide bonds. The standard InChI is InChI=1S/C31H36F4N6O5S/c1-19(42)37-24-9-11-39(15-24)16-25(43)17-41-28-10-12-40(47(2,45)46)18-26(28)29(38-41)21-5-8-27(31(33,34)35)22(13-21)14-36-30(44)20-3-6-23(32)7-4-20/h3-8,13,24-25,43H,9-12,14-18H2,1-2H3,(H,36,44)(H,37,42)/t24-,25?/m1/s1. The van der Waals surface area contributed by atoms with E-state index in [1.807, 2.05) is 4.90 Å². The predicted molar refractivity (Wildman–Crippen MR) is 164 cm³/mol. The number of benzene rings is 2. The summed E-state index contributed by atoms with van der Waals surface area (Å²) in [6.07, 6.45) is -3.51. The molecule has 2 aliphatic rings. The van der Waals surface area contributed by atoms with Gasteiger partial charge in [0.05, 0.1) is 30.2 Å². The van der Waals surface area contributed by atoms with Gasteiger partial charge in [0.15, 0.2) is 0 Å². The molecule has 3 aromatic rings. The number of β-amino-alcohol motifs (C(OH)–C–C–N with tert-alkyl or cyclic N) is 1. The molecule has 0 aliphatic carbocycles. The number of hydrogen-bond acceptors (Lipinski definition) is 7. The SMILES string of the molecule is CC(=O)N[C@@H]1CCN(CC(O)Cn2nc(-c3ccc(C(F)(F)F)c(CNC(=O)c4ccc(F)cc4)c3)c3c2CCN(S(C)(=O)=O)C3)C1. The van der Waals surface area contributed by atoms with Crippen molar-refractivity contribution in [2.24, 2.45) is 0 Å². The van der Waals surface area contributed by atoms with Crippen LogP contribution in [0.2, 0.25) is 0 Å². The normalized spacial score (nSPS) is 18.1. The maximum Gasteiger partial charge on any atom is 0.416 e. The van der Waals surface area contributed by atoms with Gasteiger partial charge in [-0.15, -0.1) is 0 Å². The first-order chi connectivity index (χ1) is 22.1. The van der Waals surface area contributed by atoms with Crippen LogP contribution < -0.4 is 10.6 Å². The Morgan fingerprint density at radius 3 is 2.49 bits per heavy atom. The van der Waals surface area contributed by atoms with E-state index in [1.165, 1.54) is 35.5 Å². The third kappa shape index (κ3) is 8.36. The van der Waals surface area contributed by atoms with E-state index in [9.17, 15) is 40.7 Å². The van der Waals surface area contributed by atoms with Crippen LogP contribution in [0.3, 0.4) is 0 Å². The van der Waals surface area contributed by atoms with Crippen LogP contribution in [0.1, 0.15) is 46.1 Å². The van der Waals surface area contributed by atoms with Gasteiger partial charge in [0, 0.05) is 81.0 Å². The number of alkyl halides is 3. The van der Waals surface area contributed by atoms with Crippen LogP contribution in [0, 0.1) is 5.82 Å². The zero-order valence-electron chi connectivity index (χ0n) is 25.8. The molecule has 1 saturated heterocycles. The number of aliphatic hydroxyl groups excluding tert-OH is 1. The van der Waals surface area contributed by atoms with Crippen LogP contribution in [-0.4, -0.2) is 88.9 Å². The van der Waals surface area contributed by atoms with Crippen molar-refractivity contribution in [1.82, 2.24) is 29.6 Å². The molecule has 2 aliphatic heterocycles. The molecule has 254 valence electrons. The van der Waals surface area contributed by atoms with Crippen molar-refractivity contribution in [3.63, 3.8) is 0 Å². The van der Waals surface area contributed by atoms with Crippen molar-refractivity contribution >= 4 is 21.8 Å². The van der Waals surface area contributed by atoms with Gasteiger partial charge in [0.2, 0.25) is 15.9 Å². The Labute approximate surface area is 269 Å². The molecule has 3 N–H and O–H groups in total. The average Bonchev–Trinajstić information content (AvgIpc) is 3.58. The van der Waals surface area contributed by atoms with Crippen LogP contribution in [0.5, 0.6) is 0 Å². The van der Waals surface area contributed by atoms with E-state index in [1.54, 1.807) is 4.68 Å². The number of nitrogens with one attached hydrogen (secondary N) is 2. The van der Waals surface area contributed by atoms with Gasteiger partial charge in [-0.05, 0) is 48.4 Å². The highest BCUT2D eigenvalue weighted by atomic mass is 32.2. The number of rotatable bonds is 10. The van der Waals surface area contributed by atoms with Gasteiger partial charge in [0.25, 0.3) is 5.91 Å². The van der Waals surface area contributed by atoms with Gasteiger partial charge in [-0.1, -0.05) is 6.07 Å². The second-order valence-electron chi connectivity index (χ2n) is 12.0. The first kappa shape index (κ1) is 34.5. The third-order valence-electron chi connectivity index (χ3n) is 8.33. The Kier molecular flexibility index (Phi) is 10.1. The van der Waals surface area contributed by atoms with Crippen molar-refractivity contribution in [3.05, 3.63) is 76.2 Å². The summed E-state index contributed by atoms with van der Waals surface area (Å²) in [4.78, 5) is 26.1. The Hall–Kier alpha value is -3.86. The fraction of sp³-hybridized carbons (Fsp3) is 0.452. The Bertz CT molecular complexity index is 1750. The molecular weight excluding hydrogens is 644 g/mol. The molecule has 0 spiro atoms. The molecule has 0 radical (unpaired) electrons. The first-order valence-electron chi connectivity index (χ1n) is 15.0. The topological polar surface area (TPSA) is 137 Å². The Balaban J connectivity index is 1.44. The number of carbonyl (C=O) groups excluding carboxylic acids is 2. The summed E-state index contributed by atoms with van der Waals surface area (Å²) in [6.45, 7) is 2.69. The van der Waals surface area contributed by atoms with Crippen LogP contribution >= 0.6 is 0 Å². The summed E-state index contributed by atoms with van der Waals surface area (Å²) in [5.74, 6) is -1.38. The van der Waals surface area contributed by atoms with Crippen molar-refractivity contribution in [3.8, 4) is 11.3 Å². The fourth-order valence-corrected chi connectivity index (χ4v) is 6.92. The molecule has 0 saturated carbocycles. The second-order valence-corrected chi connectivity index (χ2v) is 13.9. The number of halogens is 4. The van der Waals surface area contributed by atoms with Gasteiger partial charge in [0.1, 0.15) is 5.82 Å². The molecule has 47 heavy (non-hydrogen) atoms. The number of carbonyl (C=O) groups is 2. The van der Waals surface area contributed by atoms with E-state index in [4.69, 9.17) is 0 Å². The lowest BCUT2D eigenvalue weighted by Gasteiger charge is -2.26. The van der Waals surface area contributed by atoms with Gasteiger partial charge < -0.3 is 15.7 Å². The number of aromatic nitrogens is 2. The smallest absolute Gasteiger partial charge is 0.390 e. The molecule has 0 bridgehead atoms. The van der Waals surface area contributed by atoms with Crippen LogP contribution in [0.4, 0.5) is 17.6 Å². The van der Waals surface area contributed by atoms with Gasteiger partial charge in [-0.3, -0.25) is 19.2 Å². The van der Waals surface area contributed by atoms with Crippen LogP contribution in [-0.2, 0) is 47.0 Å². The van der Waals surface area contributed by atoms with Crippen molar-refractivity contribution in [2.75, 3.05) is 32.4 Å². The van der Waals surface area contributed by atoms with E-state index in [0.717, 1.165) is 30.9 Å². The molecule has 1 fully saturated rings. The Morgan fingerprint density at radius 1 is 1.11 bits per heavy atom.